The number of hydrogen-bond donors (Lipinski definition) is 2. The summed E-state index contributed by atoms with van der Waals surface area (Å²) in [6.07, 6.45) is 6.53. The van der Waals surface area contributed by atoms with Gasteiger partial charge in [0.25, 0.3) is 5.91 Å². The number of amides is 1. The Balaban J connectivity index is 2.01. The molecule has 90 valence electrons. The topological polar surface area (TPSA) is 92.2 Å². The maximum Gasteiger partial charge on any atom is 0.356 e. The zero-order valence-electron chi connectivity index (χ0n) is 9.22. The van der Waals surface area contributed by atoms with Crippen molar-refractivity contribution in [3.05, 3.63) is 23.8 Å². The van der Waals surface area contributed by atoms with Crippen LogP contribution in [0.3, 0.4) is 0 Å². The molecule has 0 saturated heterocycles. The van der Waals surface area contributed by atoms with Gasteiger partial charge >= 0.3 is 5.97 Å². The van der Waals surface area contributed by atoms with Crippen LogP contribution in [-0.2, 0) is 0 Å². The first-order chi connectivity index (χ1) is 8.16. The van der Waals surface area contributed by atoms with Crippen LogP contribution in [0.4, 0.5) is 0 Å². The van der Waals surface area contributed by atoms with Crippen molar-refractivity contribution in [2.75, 3.05) is 0 Å². The van der Waals surface area contributed by atoms with Crippen molar-refractivity contribution in [1.29, 1.82) is 0 Å². The number of nitrogens with one attached hydrogen (secondary N) is 1. The Labute approximate surface area is 98.1 Å². The number of rotatable bonds is 3. The highest BCUT2D eigenvalue weighted by Crippen LogP contribution is 2.17. The quantitative estimate of drug-likeness (QED) is 0.810. The fourth-order valence-corrected chi connectivity index (χ4v) is 1.89. The highest BCUT2D eigenvalue weighted by atomic mass is 16.4. The summed E-state index contributed by atoms with van der Waals surface area (Å²) in [7, 11) is 0. The van der Waals surface area contributed by atoms with E-state index in [9.17, 15) is 9.59 Å². The molecule has 1 aromatic rings. The van der Waals surface area contributed by atoms with Gasteiger partial charge in [-0.05, 0) is 12.8 Å². The maximum absolute atomic E-state index is 11.7. The monoisotopic (exact) mass is 235 g/mol. The van der Waals surface area contributed by atoms with E-state index in [1.165, 1.54) is 6.20 Å². The summed E-state index contributed by atoms with van der Waals surface area (Å²) in [4.78, 5) is 29.7. The molecule has 0 radical (unpaired) electrons. The van der Waals surface area contributed by atoms with Gasteiger partial charge in [0.15, 0.2) is 5.69 Å². The van der Waals surface area contributed by atoms with Crippen molar-refractivity contribution in [2.45, 2.75) is 31.7 Å². The molecule has 0 atom stereocenters. The zero-order chi connectivity index (χ0) is 12.3. The van der Waals surface area contributed by atoms with E-state index in [4.69, 9.17) is 5.11 Å². The maximum atomic E-state index is 11.7. The van der Waals surface area contributed by atoms with Gasteiger partial charge in [-0.1, -0.05) is 12.8 Å². The third-order valence-electron chi connectivity index (χ3n) is 2.79. The average molecular weight is 235 g/mol. The number of carboxylic acid groups (broad SMARTS) is 1. The smallest absolute Gasteiger partial charge is 0.356 e. The molecule has 0 bridgehead atoms. The van der Waals surface area contributed by atoms with Gasteiger partial charge in [-0.25, -0.2) is 14.8 Å². The molecule has 0 aromatic carbocycles. The first-order valence-electron chi connectivity index (χ1n) is 5.53. The molecule has 1 aliphatic rings. The molecule has 1 heterocycles. The molecule has 1 fully saturated rings. The zero-order valence-corrected chi connectivity index (χ0v) is 9.22. The number of aromatic carboxylic acids is 1. The van der Waals surface area contributed by atoms with Crippen LogP contribution in [0.25, 0.3) is 0 Å². The third-order valence-corrected chi connectivity index (χ3v) is 2.79. The van der Waals surface area contributed by atoms with Gasteiger partial charge < -0.3 is 10.4 Å². The SMILES string of the molecule is O=C(O)c1cnc(C(=O)NC2CCCC2)cn1. The summed E-state index contributed by atoms with van der Waals surface area (Å²) in [6, 6.07) is 0.212. The number of carboxylic acids is 1. The Bertz CT molecular complexity index is 424. The molecule has 1 aliphatic carbocycles. The molecule has 2 N–H and O–H groups in total. The predicted octanol–water partition coefficient (Wildman–Crippen LogP) is 0.847. The third kappa shape index (κ3) is 2.77. The number of carbonyl (C=O) groups is 2. The lowest BCUT2D eigenvalue weighted by molar-refractivity contribution is 0.0689. The summed E-state index contributed by atoms with van der Waals surface area (Å²) in [5.41, 5.74) is -0.00989. The molecule has 0 aliphatic heterocycles. The van der Waals surface area contributed by atoms with Crippen LogP contribution >= 0.6 is 0 Å². The molecule has 1 amide bonds. The second-order valence-corrected chi connectivity index (χ2v) is 4.05. The Morgan fingerprint density at radius 1 is 1.18 bits per heavy atom. The van der Waals surface area contributed by atoms with Crippen LogP contribution in [0.15, 0.2) is 12.4 Å². The minimum absolute atomic E-state index is 0.155. The van der Waals surface area contributed by atoms with Crippen molar-refractivity contribution in [2.24, 2.45) is 0 Å². The van der Waals surface area contributed by atoms with Crippen molar-refractivity contribution in [3.63, 3.8) is 0 Å². The van der Waals surface area contributed by atoms with Crippen molar-refractivity contribution >= 4 is 11.9 Å². The lowest BCUT2D eigenvalue weighted by atomic mass is 10.2. The lowest BCUT2D eigenvalue weighted by Gasteiger charge is -2.10. The number of aromatic nitrogens is 2. The molecule has 1 aromatic heterocycles. The first kappa shape index (κ1) is 11.5. The van der Waals surface area contributed by atoms with Gasteiger partial charge in [-0.2, -0.15) is 0 Å². The number of nitrogens with zero attached hydrogens (tertiary/aromatic N) is 2. The molecule has 2 rings (SSSR count). The standard InChI is InChI=1S/C11H13N3O3/c15-10(14-7-3-1-2-4-7)8-5-13-9(6-12-8)11(16)17/h5-7H,1-4H2,(H,14,15)(H,16,17). The highest BCUT2D eigenvalue weighted by Gasteiger charge is 2.19. The van der Waals surface area contributed by atoms with Gasteiger partial charge in [0.2, 0.25) is 0 Å². The van der Waals surface area contributed by atoms with Gasteiger partial charge in [0.05, 0.1) is 12.4 Å². The van der Waals surface area contributed by atoms with Gasteiger partial charge in [0, 0.05) is 6.04 Å². The van der Waals surface area contributed by atoms with Gasteiger partial charge in [-0.15, -0.1) is 0 Å². The normalized spacial score (nSPS) is 15.8. The van der Waals surface area contributed by atoms with Crippen LogP contribution in [0.2, 0.25) is 0 Å². The second kappa shape index (κ2) is 4.90. The fraction of sp³-hybridized carbons (Fsp3) is 0.455. The Hall–Kier alpha value is -1.98. The van der Waals surface area contributed by atoms with Gasteiger partial charge in [-0.3, -0.25) is 4.79 Å². The average Bonchev–Trinajstić information content (AvgIpc) is 2.82. The van der Waals surface area contributed by atoms with E-state index >= 15 is 0 Å². The molecule has 17 heavy (non-hydrogen) atoms. The lowest BCUT2D eigenvalue weighted by Crippen LogP contribution is -2.33. The van der Waals surface area contributed by atoms with E-state index in [1.54, 1.807) is 0 Å². The van der Waals surface area contributed by atoms with Gasteiger partial charge in [0.1, 0.15) is 5.69 Å². The summed E-state index contributed by atoms with van der Waals surface area (Å²) >= 11 is 0. The number of hydrogen-bond acceptors (Lipinski definition) is 4. The molecule has 6 heteroatoms. The van der Waals surface area contributed by atoms with E-state index in [2.05, 4.69) is 15.3 Å². The summed E-state index contributed by atoms with van der Waals surface area (Å²) in [6.45, 7) is 0. The van der Waals surface area contributed by atoms with E-state index in [0.717, 1.165) is 31.9 Å². The Morgan fingerprint density at radius 2 is 1.76 bits per heavy atom. The molecule has 6 nitrogen and oxygen atoms in total. The van der Waals surface area contributed by atoms with E-state index in [0.29, 0.717) is 0 Å². The van der Waals surface area contributed by atoms with Crippen LogP contribution in [0, 0.1) is 0 Å². The summed E-state index contributed by atoms with van der Waals surface area (Å²) < 4.78 is 0. The van der Waals surface area contributed by atoms with E-state index in [1.807, 2.05) is 0 Å². The fourth-order valence-electron chi connectivity index (χ4n) is 1.89. The number of carbonyl (C=O) groups excluding carboxylic acids is 1. The molecule has 1 saturated carbocycles. The van der Waals surface area contributed by atoms with Crippen molar-refractivity contribution < 1.29 is 14.7 Å². The largest absolute Gasteiger partial charge is 0.476 e. The van der Waals surface area contributed by atoms with Crippen molar-refractivity contribution in [3.8, 4) is 0 Å². The summed E-state index contributed by atoms with van der Waals surface area (Å²) in [5, 5.41) is 11.5. The van der Waals surface area contributed by atoms with E-state index in [-0.39, 0.29) is 23.3 Å². The summed E-state index contributed by atoms with van der Waals surface area (Å²) in [5.74, 6) is -1.44. The molecule has 0 unspecified atom stereocenters. The minimum Gasteiger partial charge on any atom is -0.476 e. The Morgan fingerprint density at radius 3 is 2.29 bits per heavy atom. The molecular formula is C11H13N3O3. The molecule has 0 spiro atoms. The van der Waals surface area contributed by atoms with Crippen LogP contribution in [0.5, 0.6) is 0 Å². The second-order valence-electron chi connectivity index (χ2n) is 4.05. The van der Waals surface area contributed by atoms with Crippen LogP contribution in [0.1, 0.15) is 46.7 Å². The van der Waals surface area contributed by atoms with Crippen LogP contribution < -0.4 is 5.32 Å². The van der Waals surface area contributed by atoms with Crippen LogP contribution in [-0.4, -0.2) is 33.0 Å². The first-order valence-corrected chi connectivity index (χ1v) is 5.53. The van der Waals surface area contributed by atoms with Crippen molar-refractivity contribution in [1.82, 2.24) is 15.3 Å². The predicted molar refractivity (Wildman–Crippen MR) is 58.7 cm³/mol. The Kier molecular flexibility index (Phi) is 3.32. The molecular weight excluding hydrogens is 222 g/mol. The highest BCUT2D eigenvalue weighted by molar-refractivity contribution is 5.92. The minimum atomic E-state index is -1.15. The van der Waals surface area contributed by atoms with E-state index < -0.39 is 5.97 Å².